The highest BCUT2D eigenvalue weighted by molar-refractivity contribution is 5.80. The molecule has 0 saturated carbocycles. The van der Waals surface area contributed by atoms with Crippen LogP contribution in [0.25, 0.3) is 0 Å². The van der Waals surface area contributed by atoms with Gasteiger partial charge in [0.1, 0.15) is 0 Å². The molecule has 3 N–H and O–H groups in total. The minimum Gasteiger partial charge on any atom is -0.466 e. The number of carbonyl (C=O) groups excluding carboxylic acids is 1. The van der Waals surface area contributed by atoms with Crippen LogP contribution in [0.5, 0.6) is 0 Å². The van der Waals surface area contributed by atoms with Gasteiger partial charge < -0.3 is 20.1 Å². The van der Waals surface area contributed by atoms with Crippen LogP contribution in [-0.2, 0) is 9.53 Å². The molecule has 5 nitrogen and oxygen atoms in total. The Kier molecular flexibility index (Phi) is 13.5. The van der Waals surface area contributed by atoms with Gasteiger partial charge in [0.2, 0.25) is 0 Å². The molecule has 0 saturated heterocycles. The quantitative estimate of drug-likeness (QED) is 0.343. The van der Waals surface area contributed by atoms with Crippen LogP contribution in [0.4, 0.5) is 0 Å². The fraction of sp³-hybridized carbons (Fsp3) is 0.769. The van der Waals surface area contributed by atoms with Gasteiger partial charge in [0.25, 0.3) is 0 Å². The molecular weight excluding hydrogens is 236 g/mol. The molecule has 5 heteroatoms. The molecule has 0 spiro atoms. The first kappa shape index (κ1) is 19.4. The largest absolute Gasteiger partial charge is 0.466 e. The van der Waals surface area contributed by atoms with Crippen molar-refractivity contribution >= 4 is 5.97 Å². The number of esters is 1. The van der Waals surface area contributed by atoms with Gasteiger partial charge in [-0.1, -0.05) is 32.8 Å². The van der Waals surface area contributed by atoms with Crippen LogP contribution in [0.1, 0.15) is 32.6 Å². The average molecular weight is 262 g/mol. The molecule has 0 aliphatic rings. The third-order valence-corrected chi connectivity index (χ3v) is 2.68. The topological polar surface area (TPSA) is 87.0 Å². The fourth-order valence-corrected chi connectivity index (χ4v) is 1.22. The van der Waals surface area contributed by atoms with Crippen molar-refractivity contribution in [2.75, 3.05) is 26.9 Å². The van der Waals surface area contributed by atoms with Crippen molar-refractivity contribution in [3.8, 4) is 0 Å². The van der Waals surface area contributed by atoms with Gasteiger partial charge in [0, 0.05) is 11.5 Å². The van der Waals surface area contributed by atoms with Crippen LogP contribution < -0.4 is 0 Å². The van der Waals surface area contributed by atoms with Gasteiger partial charge in [-0.05, 0) is 6.42 Å². The van der Waals surface area contributed by atoms with E-state index in [2.05, 4.69) is 18.2 Å². The standard InChI is InChI=1S/C9H20O3.C4H6O2/c1-2-3-4-5-9(6-10,7-11)8-12;1-3-4(5)6-2/h10-12H,2-8H2,1H3;3H,1H2,2H3. The van der Waals surface area contributed by atoms with Crippen LogP contribution in [0.3, 0.4) is 0 Å². The van der Waals surface area contributed by atoms with E-state index in [1.54, 1.807) is 0 Å². The van der Waals surface area contributed by atoms with Crippen molar-refractivity contribution < 1.29 is 24.9 Å². The first-order valence-electron chi connectivity index (χ1n) is 6.08. The maximum Gasteiger partial charge on any atom is 0.329 e. The summed E-state index contributed by atoms with van der Waals surface area (Å²) in [6, 6.07) is 0. The van der Waals surface area contributed by atoms with E-state index in [1.165, 1.54) is 7.11 Å². The number of aliphatic hydroxyl groups excluding tert-OH is 3. The van der Waals surface area contributed by atoms with Crippen molar-refractivity contribution in [2.45, 2.75) is 32.6 Å². The van der Waals surface area contributed by atoms with Crippen LogP contribution in [-0.4, -0.2) is 48.2 Å². The summed E-state index contributed by atoms with van der Waals surface area (Å²) in [6.07, 6.45) is 4.96. The Bertz CT molecular complexity index is 203. The number of hydrogen-bond acceptors (Lipinski definition) is 5. The van der Waals surface area contributed by atoms with E-state index in [4.69, 9.17) is 15.3 Å². The Labute approximate surface area is 109 Å². The summed E-state index contributed by atoms with van der Waals surface area (Å²) in [7, 11) is 1.31. The smallest absolute Gasteiger partial charge is 0.329 e. The first-order chi connectivity index (χ1) is 8.55. The lowest BCUT2D eigenvalue weighted by Crippen LogP contribution is -2.33. The van der Waals surface area contributed by atoms with E-state index in [0.717, 1.165) is 25.3 Å². The second-order valence-electron chi connectivity index (χ2n) is 4.16. The van der Waals surface area contributed by atoms with Gasteiger partial charge in [-0.25, -0.2) is 4.79 Å². The monoisotopic (exact) mass is 262 g/mol. The lowest BCUT2D eigenvalue weighted by molar-refractivity contribution is -0.134. The molecule has 0 aromatic carbocycles. The van der Waals surface area contributed by atoms with E-state index in [1.807, 2.05) is 0 Å². The SMILES string of the molecule is C=CC(=O)OC.CCCCCC(CO)(CO)CO. The zero-order chi connectivity index (χ0) is 14.4. The third-order valence-electron chi connectivity index (χ3n) is 2.68. The Morgan fingerprint density at radius 3 is 1.94 bits per heavy atom. The summed E-state index contributed by atoms with van der Waals surface area (Å²) in [4.78, 5) is 9.84. The van der Waals surface area contributed by atoms with Crippen molar-refractivity contribution in [1.82, 2.24) is 0 Å². The second-order valence-corrected chi connectivity index (χ2v) is 4.16. The molecule has 18 heavy (non-hydrogen) atoms. The number of carbonyl (C=O) groups is 1. The van der Waals surface area contributed by atoms with Gasteiger partial charge >= 0.3 is 5.97 Å². The van der Waals surface area contributed by atoms with Gasteiger partial charge in [-0.3, -0.25) is 0 Å². The number of ether oxygens (including phenoxy) is 1. The molecule has 0 radical (unpaired) electrons. The normalized spacial score (nSPS) is 10.3. The number of hydrogen-bond donors (Lipinski definition) is 3. The second kappa shape index (κ2) is 12.5. The third kappa shape index (κ3) is 9.15. The molecule has 0 unspecified atom stereocenters. The van der Waals surface area contributed by atoms with Crippen molar-refractivity contribution in [3.05, 3.63) is 12.7 Å². The zero-order valence-electron chi connectivity index (χ0n) is 11.4. The molecule has 0 amide bonds. The molecule has 0 aliphatic heterocycles. The lowest BCUT2D eigenvalue weighted by Gasteiger charge is -2.26. The van der Waals surface area contributed by atoms with Gasteiger partial charge in [-0.2, -0.15) is 0 Å². The van der Waals surface area contributed by atoms with Crippen LogP contribution in [0.15, 0.2) is 12.7 Å². The summed E-state index contributed by atoms with van der Waals surface area (Å²) in [6.45, 7) is 4.85. The Hall–Kier alpha value is -0.910. The lowest BCUT2D eigenvalue weighted by atomic mass is 9.85. The molecule has 0 rings (SSSR count). The van der Waals surface area contributed by atoms with Gasteiger partial charge in [-0.15, -0.1) is 0 Å². The van der Waals surface area contributed by atoms with E-state index in [9.17, 15) is 4.79 Å². The Balaban J connectivity index is 0. The number of aliphatic hydroxyl groups is 3. The highest BCUT2D eigenvalue weighted by Gasteiger charge is 2.26. The summed E-state index contributed by atoms with van der Waals surface area (Å²) >= 11 is 0. The number of methoxy groups -OCH3 is 1. The Morgan fingerprint density at radius 2 is 1.72 bits per heavy atom. The van der Waals surface area contributed by atoms with E-state index < -0.39 is 11.4 Å². The zero-order valence-corrected chi connectivity index (χ0v) is 11.4. The maximum atomic E-state index is 9.84. The summed E-state index contributed by atoms with van der Waals surface area (Å²) in [5.41, 5.74) is -0.658. The molecule has 108 valence electrons. The number of unbranched alkanes of at least 4 members (excludes halogenated alkanes) is 2. The van der Waals surface area contributed by atoms with Crippen molar-refractivity contribution in [3.63, 3.8) is 0 Å². The molecule has 0 atom stereocenters. The number of rotatable bonds is 8. The van der Waals surface area contributed by atoms with Crippen LogP contribution >= 0.6 is 0 Å². The fourth-order valence-electron chi connectivity index (χ4n) is 1.22. The predicted molar refractivity (Wildman–Crippen MR) is 70.0 cm³/mol. The first-order valence-corrected chi connectivity index (χ1v) is 6.08. The highest BCUT2D eigenvalue weighted by Crippen LogP contribution is 2.23. The maximum absolute atomic E-state index is 9.84. The van der Waals surface area contributed by atoms with E-state index in [0.29, 0.717) is 6.42 Å². The summed E-state index contributed by atoms with van der Waals surface area (Å²) in [5.74, 6) is -0.394. The average Bonchev–Trinajstić information content (AvgIpc) is 2.44. The Morgan fingerprint density at radius 1 is 1.22 bits per heavy atom. The van der Waals surface area contributed by atoms with Crippen LogP contribution in [0.2, 0.25) is 0 Å². The molecule has 0 heterocycles. The van der Waals surface area contributed by atoms with Crippen molar-refractivity contribution in [1.29, 1.82) is 0 Å². The predicted octanol–water partition coefficient (Wildman–Crippen LogP) is 0.875. The molecule has 0 aliphatic carbocycles. The summed E-state index contributed by atoms with van der Waals surface area (Å²) < 4.78 is 4.14. The molecule has 0 aromatic rings. The molecule has 0 fully saturated rings. The summed E-state index contributed by atoms with van der Waals surface area (Å²) in [5, 5.41) is 26.9. The molecular formula is C13H26O5. The minimum atomic E-state index is -0.658. The van der Waals surface area contributed by atoms with E-state index in [-0.39, 0.29) is 19.8 Å². The minimum absolute atomic E-state index is 0.135. The molecule has 0 aromatic heterocycles. The molecule has 0 bridgehead atoms. The van der Waals surface area contributed by atoms with Crippen molar-refractivity contribution in [2.24, 2.45) is 5.41 Å². The van der Waals surface area contributed by atoms with Gasteiger partial charge in [0.15, 0.2) is 0 Å². The van der Waals surface area contributed by atoms with Crippen LogP contribution in [0, 0.1) is 5.41 Å². The van der Waals surface area contributed by atoms with E-state index >= 15 is 0 Å². The highest BCUT2D eigenvalue weighted by atomic mass is 16.5. The van der Waals surface area contributed by atoms with Gasteiger partial charge in [0.05, 0.1) is 26.9 Å².